The molecular formula is C54H36O. The standard InChI is InChI=1S/C54H36O/c1-2-34-15-14-19-36(29-34)37-27-28-41-39(30-37)32-51-49(33-50(55-51)35-16-4-3-5-17-35)53(41)54-46-25-12-10-23-44(46)52(45-24-11-13-26-47(45)54)48-31-38-18-6-7-20-40(38)42-21-8-9-22-43(42)48/h3-33H,2H2,1H3. The van der Waals surface area contributed by atoms with Crippen LogP contribution in [0.15, 0.2) is 192 Å². The van der Waals surface area contributed by atoms with Gasteiger partial charge in [0.25, 0.3) is 0 Å². The molecule has 0 aliphatic carbocycles. The molecule has 0 fully saturated rings. The topological polar surface area (TPSA) is 13.1 Å². The zero-order valence-corrected chi connectivity index (χ0v) is 30.5. The van der Waals surface area contributed by atoms with Gasteiger partial charge in [0, 0.05) is 16.5 Å². The normalized spacial score (nSPS) is 11.8. The second-order valence-corrected chi connectivity index (χ2v) is 14.7. The minimum atomic E-state index is 0.871. The largest absolute Gasteiger partial charge is 0.456 e. The monoisotopic (exact) mass is 700 g/mol. The van der Waals surface area contributed by atoms with Gasteiger partial charge in [0.2, 0.25) is 0 Å². The van der Waals surface area contributed by atoms with Crippen LogP contribution in [0.5, 0.6) is 0 Å². The van der Waals surface area contributed by atoms with E-state index in [4.69, 9.17) is 4.42 Å². The lowest BCUT2D eigenvalue weighted by molar-refractivity contribution is 0.632. The summed E-state index contributed by atoms with van der Waals surface area (Å²) in [6, 6.07) is 68.9. The van der Waals surface area contributed by atoms with E-state index in [1.165, 1.54) is 87.4 Å². The first-order valence-electron chi connectivity index (χ1n) is 19.2. The SMILES string of the molecule is CCc1cccc(-c2ccc3c(-c4c5ccccc5c(-c5cc6ccccc6c6ccccc56)c5ccccc45)c4cc(-c5ccccc5)oc4cc3c2)c1. The molecule has 0 N–H and O–H groups in total. The van der Waals surface area contributed by atoms with Gasteiger partial charge in [-0.3, -0.25) is 0 Å². The summed E-state index contributed by atoms with van der Waals surface area (Å²) >= 11 is 0. The molecule has 55 heavy (non-hydrogen) atoms. The Labute approximate surface area is 319 Å². The fourth-order valence-corrected chi connectivity index (χ4v) is 9.02. The molecule has 1 heterocycles. The summed E-state index contributed by atoms with van der Waals surface area (Å²) in [5.41, 5.74) is 10.7. The van der Waals surface area contributed by atoms with Crippen LogP contribution in [-0.2, 0) is 6.42 Å². The molecule has 0 spiro atoms. The van der Waals surface area contributed by atoms with E-state index in [0.717, 1.165) is 34.1 Å². The van der Waals surface area contributed by atoms with Crippen LogP contribution in [0.25, 0.3) is 110 Å². The Kier molecular flexibility index (Phi) is 7.22. The van der Waals surface area contributed by atoms with Gasteiger partial charge in [-0.15, -0.1) is 0 Å². The van der Waals surface area contributed by atoms with Crippen molar-refractivity contribution in [3.8, 4) is 44.7 Å². The van der Waals surface area contributed by atoms with Gasteiger partial charge in [0.1, 0.15) is 11.3 Å². The summed E-state index contributed by atoms with van der Waals surface area (Å²) in [6.45, 7) is 2.21. The number of hydrogen-bond acceptors (Lipinski definition) is 1. The smallest absolute Gasteiger partial charge is 0.136 e. The maximum atomic E-state index is 6.81. The van der Waals surface area contributed by atoms with E-state index in [-0.39, 0.29) is 0 Å². The second-order valence-electron chi connectivity index (χ2n) is 14.7. The summed E-state index contributed by atoms with van der Waals surface area (Å²) in [5.74, 6) is 0.871. The first-order chi connectivity index (χ1) is 27.2. The summed E-state index contributed by atoms with van der Waals surface area (Å²) in [4.78, 5) is 0. The third-order valence-electron chi connectivity index (χ3n) is 11.6. The average molecular weight is 701 g/mol. The number of hydrogen-bond donors (Lipinski definition) is 0. The van der Waals surface area contributed by atoms with Crippen molar-refractivity contribution in [2.45, 2.75) is 13.3 Å². The minimum Gasteiger partial charge on any atom is -0.456 e. The molecule has 0 aliphatic rings. The summed E-state index contributed by atoms with van der Waals surface area (Å²) in [5, 5.41) is 13.5. The van der Waals surface area contributed by atoms with E-state index >= 15 is 0 Å². The fraction of sp³-hybridized carbons (Fsp3) is 0.0370. The molecule has 0 atom stereocenters. The summed E-state index contributed by atoms with van der Waals surface area (Å²) < 4.78 is 6.81. The summed E-state index contributed by atoms with van der Waals surface area (Å²) in [6.07, 6.45) is 1.01. The lowest BCUT2D eigenvalue weighted by atomic mass is 9.82. The van der Waals surface area contributed by atoms with Crippen molar-refractivity contribution in [2.24, 2.45) is 0 Å². The van der Waals surface area contributed by atoms with Crippen LogP contribution in [-0.4, -0.2) is 0 Å². The number of rotatable bonds is 5. The van der Waals surface area contributed by atoms with Crippen molar-refractivity contribution in [3.05, 3.63) is 194 Å². The molecule has 1 nitrogen and oxygen atoms in total. The highest BCUT2D eigenvalue weighted by Crippen LogP contribution is 2.50. The van der Waals surface area contributed by atoms with Gasteiger partial charge in [0.05, 0.1) is 0 Å². The minimum absolute atomic E-state index is 0.871. The Hall–Kier alpha value is -6.96. The van der Waals surface area contributed by atoms with Gasteiger partial charge in [-0.2, -0.15) is 0 Å². The fourth-order valence-electron chi connectivity index (χ4n) is 9.02. The van der Waals surface area contributed by atoms with Crippen LogP contribution >= 0.6 is 0 Å². The molecule has 11 rings (SSSR count). The van der Waals surface area contributed by atoms with Crippen LogP contribution in [0, 0.1) is 0 Å². The van der Waals surface area contributed by atoms with Crippen LogP contribution in [0.2, 0.25) is 0 Å². The molecule has 0 bridgehead atoms. The Morgan fingerprint density at radius 3 is 1.65 bits per heavy atom. The second kappa shape index (κ2) is 12.6. The highest BCUT2D eigenvalue weighted by Gasteiger charge is 2.23. The molecule has 11 aromatic rings. The van der Waals surface area contributed by atoms with Gasteiger partial charge in [-0.25, -0.2) is 0 Å². The van der Waals surface area contributed by atoms with Crippen molar-refractivity contribution in [1.29, 1.82) is 0 Å². The Bertz CT molecular complexity index is 3230. The van der Waals surface area contributed by atoms with Crippen LogP contribution in [0.3, 0.4) is 0 Å². The number of benzene rings is 10. The molecule has 0 saturated carbocycles. The number of aryl methyl sites for hydroxylation is 1. The van der Waals surface area contributed by atoms with E-state index in [9.17, 15) is 0 Å². The van der Waals surface area contributed by atoms with Gasteiger partial charge < -0.3 is 4.42 Å². The molecule has 1 heteroatoms. The van der Waals surface area contributed by atoms with Crippen molar-refractivity contribution >= 4 is 64.8 Å². The van der Waals surface area contributed by atoms with Crippen LogP contribution in [0.4, 0.5) is 0 Å². The quantitative estimate of drug-likeness (QED) is 0.129. The maximum Gasteiger partial charge on any atom is 0.136 e. The lowest BCUT2D eigenvalue weighted by Crippen LogP contribution is -1.93. The van der Waals surface area contributed by atoms with E-state index in [0.29, 0.717) is 0 Å². The molecule has 0 aliphatic heterocycles. The summed E-state index contributed by atoms with van der Waals surface area (Å²) in [7, 11) is 0. The third kappa shape index (κ3) is 5.01. The molecular weight excluding hydrogens is 665 g/mol. The molecule has 0 saturated heterocycles. The van der Waals surface area contributed by atoms with Gasteiger partial charge in [0.15, 0.2) is 0 Å². The Balaban J connectivity index is 1.28. The van der Waals surface area contributed by atoms with Crippen LogP contribution in [0.1, 0.15) is 12.5 Å². The highest BCUT2D eigenvalue weighted by atomic mass is 16.3. The average Bonchev–Trinajstić information content (AvgIpc) is 3.69. The van der Waals surface area contributed by atoms with E-state index < -0.39 is 0 Å². The van der Waals surface area contributed by atoms with Gasteiger partial charge in [-0.1, -0.05) is 171 Å². The van der Waals surface area contributed by atoms with Crippen LogP contribution < -0.4 is 0 Å². The van der Waals surface area contributed by atoms with E-state index in [1.807, 2.05) is 0 Å². The third-order valence-corrected chi connectivity index (χ3v) is 11.6. The molecule has 0 unspecified atom stereocenters. The molecule has 0 radical (unpaired) electrons. The van der Waals surface area contributed by atoms with Crippen molar-refractivity contribution in [3.63, 3.8) is 0 Å². The van der Waals surface area contributed by atoms with Gasteiger partial charge in [-0.05, 0) is 118 Å². The van der Waals surface area contributed by atoms with Gasteiger partial charge >= 0.3 is 0 Å². The first kappa shape index (κ1) is 31.6. The molecule has 258 valence electrons. The van der Waals surface area contributed by atoms with Crippen molar-refractivity contribution in [1.82, 2.24) is 0 Å². The highest BCUT2D eigenvalue weighted by molar-refractivity contribution is 6.29. The maximum absolute atomic E-state index is 6.81. The zero-order chi connectivity index (χ0) is 36.5. The molecule has 0 amide bonds. The predicted molar refractivity (Wildman–Crippen MR) is 235 cm³/mol. The van der Waals surface area contributed by atoms with Crippen molar-refractivity contribution < 1.29 is 4.42 Å². The number of furan rings is 1. The number of fused-ring (bicyclic) bond motifs is 7. The predicted octanol–water partition coefficient (Wildman–Crippen LogP) is 15.4. The van der Waals surface area contributed by atoms with E-state index in [1.54, 1.807) is 0 Å². The van der Waals surface area contributed by atoms with E-state index in [2.05, 4.69) is 195 Å². The Morgan fingerprint density at radius 1 is 0.345 bits per heavy atom. The molecule has 1 aromatic heterocycles. The zero-order valence-electron chi connectivity index (χ0n) is 30.5. The lowest BCUT2D eigenvalue weighted by Gasteiger charge is -2.21. The first-order valence-corrected chi connectivity index (χ1v) is 19.2. The van der Waals surface area contributed by atoms with Crippen molar-refractivity contribution in [2.75, 3.05) is 0 Å². The molecule has 10 aromatic carbocycles. The Morgan fingerprint density at radius 2 is 0.927 bits per heavy atom.